The van der Waals surface area contributed by atoms with E-state index < -0.39 is 0 Å². The van der Waals surface area contributed by atoms with Crippen LogP contribution >= 0.6 is 0 Å². The normalized spacial score (nSPS) is 13.5. The lowest BCUT2D eigenvalue weighted by molar-refractivity contribution is 0.201. The van der Waals surface area contributed by atoms with Crippen LogP contribution in [0.5, 0.6) is 5.75 Å². The van der Waals surface area contributed by atoms with E-state index in [4.69, 9.17) is 9.72 Å². The lowest BCUT2D eigenvalue weighted by atomic mass is 10.2. The smallest absolute Gasteiger partial charge is 0.267 e. The van der Waals surface area contributed by atoms with Gasteiger partial charge >= 0.3 is 0 Å². The molecule has 0 amide bonds. The Balaban J connectivity index is 1.46. The summed E-state index contributed by atoms with van der Waals surface area (Å²) in [6, 6.07) is 9.23. The van der Waals surface area contributed by atoms with Crippen molar-refractivity contribution in [2.45, 2.75) is 38.6 Å². The summed E-state index contributed by atoms with van der Waals surface area (Å²) in [4.78, 5) is 32.0. The van der Waals surface area contributed by atoms with Crippen molar-refractivity contribution in [1.29, 1.82) is 0 Å². The molecule has 0 bridgehead atoms. The van der Waals surface area contributed by atoms with Gasteiger partial charge in [0.05, 0.1) is 35.2 Å². The van der Waals surface area contributed by atoms with E-state index in [-0.39, 0.29) is 24.8 Å². The molecule has 0 atom stereocenters. The van der Waals surface area contributed by atoms with Gasteiger partial charge < -0.3 is 19.0 Å². The predicted octanol–water partition coefficient (Wildman–Crippen LogP) is 3.66. The van der Waals surface area contributed by atoms with Crippen LogP contribution in [0.25, 0.3) is 33.9 Å². The minimum atomic E-state index is -0.251. The molecule has 1 fully saturated rings. The van der Waals surface area contributed by atoms with Crippen molar-refractivity contribution in [2.75, 3.05) is 13.2 Å². The number of aliphatic hydroxyl groups is 1. The second kappa shape index (κ2) is 9.29. The fraction of sp³-hybridized carbons (Fsp3) is 0.296. The zero-order valence-electron chi connectivity index (χ0n) is 20.7. The van der Waals surface area contributed by atoms with Crippen molar-refractivity contribution in [2.24, 2.45) is 0 Å². The number of imidazole rings is 2. The van der Waals surface area contributed by atoms with E-state index in [2.05, 4.69) is 28.8 Å². The Morgan fingerprint density at radius 3 is 2.78 bits per heavy atom. The third kappa shape index (κ3) is 4.29. The number of rotatable bonds is 8. The van der Waals surface area contributed by atoms with Crippen molar-refractivity contribution >= 4 is 10.9 Å². The molecule has 0 aliphatic heterocycles. The van der Waals surface area contributed by atoms with Crippen molar-refractivity contribution < 1.29 is 9.84 Å². The molecule has 10 heteroatoms. The van der Waals surface area contributed by atoms with Gasteiger partial charge in [0, 0.05) is 36.6 Å². The summed E-state index contributed by atoms with van der Waals surface area (Å²) in [5.41, 5.74) is 2.60. The van der Waals surface area contributed by atoms with E-state index in [0.717, 1.165) is 24.4 Å². The summed E-state index contributed by atoms with van der Waals surface area (Å²) in [7, 11) is 0. The third-order valence-electron chi connectivity index (χ3n) is 6.50. The Morgan fingerprint density at radius 1 is 1.14 bits per heavy atom. The summed E-state index contributed by atoms with van der Waals surface area (Å²) in [5, 5.41) is 9.73. The Hall–Kier alpha value is -4.31. The predicted molar refractivity (Wildman–Crippen MR) is 138 cm³/mol. The van der Waals surface area contributed by atoms with Crippen LogP contribution in [0.3, 0.4) is 0 Å². The highest BCUT2D eigenvalue weighted by Crippen LogP contribution is 2.39. The summed E-state index contributed by atoms with van der Waals surface area (Å²) >= 11 is 0. The lowest BCUT2D eigenvalue weighted by Crippen LogP contribution is -2.20. The van der Waals surface area contributed by atoms with Gasteiger partial charge in [-0.2, -0.15) is 0 Å². The van der Waals surface area contributed by atoms with Crippen LogP contribution in [0.1, 0.15) is 44.3 Å². The van der Waals surface area contributed by atoms with Crippen LogP contribution < -0.4 is 10.3 Å². The molecule has 0 spiro atoms. The van der Waals surface area contributed by atoms with Crippen LogP contribution in [0.2, 0.25) is 0 Å². The third-order valence-corrected chi connectivity index (χ3v) is 6.50. The second-order valence-electron chi connectivity index (χ2n) is 9.44. The molecule has 1 aromatic carbocycles. The molecule has 4 aromatic heterocycles. The number of benzene rings is 1. The number of nitrogens with zero attached hydrogens (tertiary/aromatic N) is 7. The maximum atomic E-state index is 13.7. The first-order chi connectivity index (χ1) is 18.0. The molecule has 4 heterocycles. The molecule has 188 valence electrons. The minimum Gasteiger partial charge on any atom is -0.489 e. The van der Waals surface area contributed by atoms with Crippen molar-refractivity contribution in [1.82, 2.24) is 33.6 Å². The van der Waals surface area contributed by atoms with Crippen LogP contribution in [0.15, 0.2) is 66.4 Å². The van der Waals surface area contributed by atoms with Gasteiger partial charge in [-0.25, -0.2) is 19.9 Å². The number of aliphatic hydroxyl groups excluding tert-OH is 1. The largest absolute Gasteiger partial charge is 0.489 e. The number of fused-ring (bicyclic) bond motifs is 1. The summed E-state index contributed by atoms with van der Waals surface area (Å²) in [6.07, 6.45) is 11.1. The number of aromatic nitrogens is 7. The molecule has 0 unspecified atom stereocenters. The maximum absolute atomic E-state index is 13.7. The topological polar surface area (TPSA) is 113 Å². The first-order valence-corrected chi connectivity index (χ1v) is 12.4. The summed E-state index contributed by atoms with van der Waals surface area (Å²) in [5.74, 6) is 2.20. The second-order valence-corrected chi connectivity index (χ2v) is 9.44. The molecule has 6 rings (SSSR count). The quantitative estimate of drug-likeness (QED) is 0.348. The summed E-state index contributed by atoms with van der Waals surface area (Å²) in [6.45, 7) is 4.16. The van der Waals surface area contributed by atoms with Gasteiger partial charge in [0.25, 0.3) is 5.56 Å². The Bertz CT molecular complexity index is 1650. The van der Waals surface area contributed by atoms with E-state index in [1.807, 2.05) is 33.7 Å². The van der Waals surface area contributed by atoms with Crippen LogP contribution in [-0.2, 0) is 0 Å². The van der Waals surface area contributed by atoms with Gasteiger partial charge in [0.1, 0.15) is 30.2 Å². The Morgan fingerprint density at radius 2 is 2.00 bits per heavy atom. The Labute approximate surface area is 212 Å². The minimum absolute atomic E-state index is 0.124. The van der Waals surface area contributed by atoms with Crippen LogP contribution in [0.4, 0.5) is 0 Å². The summed E-state index contributed by atoms with van der Waals surface area (Å²) < 4.78 is 11.1. The molecule has 1 aliphatic rings. The zero-order valence-corrected chi connectivity index (χ0v) is 20.7. The first-order valence-electron chi connectivity index (χ1n) is 12.4. The molecular formula is C27H27N7O3. The zero-order chi connectivity index (χ0) is 25.5. The molecule has 1 aliphatic carbocycles. The lowest BCUT2D eigenvalue weighted by Gasteiger charge is -2.14. The highest BCUT2D eigenvalue weighted by atomic mass is 16.5. The molecule has 37 heavy (non-hydrogen) atoms. The number of ether oxygens (including phenoxy) is 1. The van der Waals surface area contributed by atoms with Crippen molar-refractivity contribution in [3.8, 4) is 28.8 Å². The van der Waals surface area contributed by atoms with Crippen molar-refractivity contribution in [3.05, 3.63) is 77.6 Å². The fourth-order valence-corrected chi connectivity index (χ4v) is 4.44. The van der Waals surface area contributed by atoms with Crippen LogP contribution in [0, 0.1) is 0 Å². The fourth-order valence-electron chi connectivity index (χ4n) is 4.44. The monoisotopic (exact) mass is 497 g/mol. The van der Waals surface area contributed by atoms with Gasteiger partial charge in [-0.3, -0.25) is 9.36 Å². The average molecular weight is 498 g/mol. The van der Waals surface area contributed by atoms with E-state index in [1.165, 1.54) is 10.9 Å². The molecule has 10 nitrogen and oxygen atoms in total. The van der Waals surface area contributed by atoms with Gasteiger partial charge in [0.15, 0.2) is 5.82 Å². The van der Waals surface area contributed by atoms with Gasteiger partial charge in [-0.15, -0.1) is 0 Å². The molecule has 1 N–H and O–H groups in total. The Kier molecular flexibility index (Phi) is 5.80. The molecular weight excluding hydrogens is 470 g/mol. The van der Waals surface area contributed by atoms with Crippen LogP contribution in [-0.4, -0.2) is 52.0 Å². The molecule has 0 saturated heterocycles. The SMILES string of the molecule is CC(C)n1ccnc1-c1cccc(-n2cnc3cc(OCCO)c(-n4cnc(C5CC5)c4)cc3c2=O)n1. The highest BCUT2D eigenvalue weighted by molar-refractivity contribution is 5.83. The van der Waals surface area contributed by atoms with Gasteiger partial charge in [-0.1, -0.05) is 6.07 Å². The average Bonchev–Trinajstić information content (AvgIpc) is 3.42. The number of hydrogen-bond acceptors (Lipinski definition) is 7. The van der Waals surface area contributed by atoms with E-state index in [1.54, 1.807) is 30.7 Å². The molecule has 1 saturated carbocycles. The molecule has 5 aromatic rings. The number of hydrogen-bond donors (Lipinski definition) is 1. The van der Waals surface area contributed by atoms with Crippen molar-refractivity contribution in [3.63, 3.8) is 0 Å². The van der Waals surface area contributed by atoms with Gasteiger partial charge in [-0.05, 0) is 44.9 Å². The first kappa shape index (κ1) is 23.1. The highest BCUT2D eigenvalue weighted by Gasteiger charge is 2.26. The maximum Gasteiger partial charge on any atom is 0.267 e. The van der Waals surface area contributed by atoms with Gasteiger partial charge in [0.2, 0.25) is 0 Å². The van der Waals surface area contributed by atoms with E-state index in [0.29, 0.717) is 39.8 Å². The van der Waals surface area contributed by atoms with E-state index in [9.17, 15) is 9.90 Å². The molecule has 0 radical (unpaired) electrons. The number of pyridine rings is 1. The standard InChI is InChI=1S/C27H27N7O3/c1-17(2)33-9-8-28-26(33)20-4-3-5-25(31-20)34-16-30-21-13-24(37-11-10-35)23(12-19(21)27(34)36)32-14-22(29-15-32)18-6-7-18/h3-5,8-9,12-18,35H,6-7,10-11H2,1-2H3. The van der Waals surface area contributed by atoms with E-state index >= 15 is 0 Å².